The first-order chi connectivity index (χ1) is 26.1. The quantitative estimate of drug-likeness (QED) is 0.0862. The van der Waals surface area contributed by atoms with Gasteiger partial charge in [-0.25, -0.2) is 27.8 Å². The van der Waals surface area contributed by atoms with Crippen LogP contribution in [-0.4, -0.2) is 98.7 Å². The van der Waals surface area contributed by atoms with Crippen molar-refractivity contribution in [1.82, 2.24) is 19.1 Å². The Balaban J connectivity index is 1.05. The summed E-state index contributed by atoms with van der Waals surface area (Å²) >= 11 is 0. The van der Waals surface area contributed by atoms with Gasteiger partial charge in [-0.1, -0.05) is 30.3 Å². The third-order valence-electron chi connectivity index (χ3n) is 7.93. The van der Waals surface area contributed by atoms with Crippen LogP contribution in [0.15, 0.2) is 64.4 Å². The van der Waals surface area contributed by atoms with Crippen molar-refractivity contribution >= 4 is 42.9 Å². The molecule has 0 amide bonds. The Morgan fingerprint density at radius 1 is 0.625 bits per heavy atom. The number of aliphatic hydroxyl groups excluding tert-OH is 2. The van der Waals surface area contributed by atoms with Crippen LogP contribution in [0.4, 0.5) is 11.6 Å². The van der Waals surface area contributed by atoms with Gasteiger partial charge in [-0.15, -0.1) is 0 Å². The number of aromatic nitrogens is 4. The molecule has 308 valence electrons. The van der Waals surface area contributed by atoms with Gasteiger partial charge < -0.3 is 60.2 Å². The van der Waals surface area contributed by atoms with Crippen LogP contribution in [-0.2, 0) is 59.2 Å². The molecule has 0 spiro atoms. The van der Waals surface area contributed by atoms with Crippen molar-refractivity contribution in [3.8, 4) is 0 Å². The first kappa shape index (κ1) is 42.5. The Bertz CT molecular complexity index is 2230. The minimum absolute atomic E-state index is 0.103. The SMILES string of the molecule is Nc1ccn([C@@H]2O[C@H](COP(=O)(O)OP(=O)(O)OP(=O)(O)OP(=O)(O)OC[C@H]3O[C@@H](n4ccc(N)nc4=O)[C@@H]4OC(c5ccccc5)O[C@@H]43)[C@@H](O)[C@H]2O)c(=O)n1. The summed E-state index contributed by atoms with van der Waals surface area (Å²) in [5.41, 5.74) is 9.67. The molecular formula is C25H32N6O21P4. The van der Waals surface area contributed by atoms with Crippen LogP contribution >= 0.6 is 31.3 Å². The van der Waals surface area contributed by atoms with E-state index in [9.17, 15) is 57.6 Å². The lowest BCUT2D eigenvalue weighted by Gasteiger charge is -2.23. The molecule has 3 aliphatic heterocycles. The first-order valence-electron chi connectivity index (χ1n) is 15.6. The Labute approximate surface area is 312 Å². The lowest BCUT2D eigenvalue weighted by molar-refractivity contribution is -0.154. The van der Waals surface area contributed by atoms with Gasteiger partial charge in [0.15, 0.2) is 18.7 Å². The van der Waals surface area contributed by atoms with Crippen molar-refractivity contribution < 1.29 is 89.0 Å². The molecule has 6 rings (SSSR count). The maximum absolute atomic E-state index is 12.7. The number of hydrogen-bond acceptors (Lipinski definition) is 21. The standard InChI is InChI=1S/C25H32N6O21P4/c26-15-6-8-30(24(34)28-15)21-18(33)17(32)13(46-21)10-44-53(36,37)50-55(40,41)52-56(42,43)51-54(38,39)45-11-14-19-20(49-23(48-19)12-4-2-1-3-5-12)22(47-14)31-9-7-16(27)29-25(31)35/h1-9,13-14,17-23,32-33H,10-11H2,(H,36,37)(H,38,39)(H,40,41)(H,42,43)(H2,26,28,34)(H2,27,29,35)/t13-,14-,17-,18-,19-,20-,21-,22-,23?/m1/s1. The van der Waals surface area contributed by atoms with E-state index in [0.29, 0.717) is 5.56 Å². The topological polar surface area (TPSA) is 395 Å². The number of ether oxygens (including phenoxy) is 4. The van der Waals surface area contributed by atoms with Crippen molar-refractivity contribution in [2.75, 3.05) is 24.7 Å². The highest BCUT2D eigenvalue weighted by Gasteiger charge is 2.55. The number of nitrogens with zero attached hydrogens (tertiary/aromatic N) is 4. The predicted octanol–water partition coefficient (Wildman–Crippen LogP) is -0.851. The number of nitrogens with two attached hydrogens (primary N) is 2. The number of fused-ring (bicyclic) bond motifs is 1. The Hall–Kier alpha value is -3.10. The lowest BCUT2D eigenvalue weighted by Crippen LogP contribution is -2.36. The van der Waals surface area contributed by atoms with Crippen molar-refractivity contribution in [1.29, 1.82) is 0 Å². The van der Waals surface area contributed by atoms with E-state index in [4.69, 9.17) is 34.9 Å². The largest absolute Gasteiger partial charge is 0.490 e. The molecule has 3 aliphatic rings. The van der Waals surface area contributed by atoms with Crippen LogP contribution in [0.5, 0.6) is 0 Å². The number of aliphatic hydroxyl groups is 2. The molecule has 1 aromatic carbocycles. The predicted molar refractivity (Wildman–Crippen MR) is 179 cm³/mol. The van der Waals surface area contributed by atoms with E-state index in [2.05, 4.69) is 27.4 Å². The molecule has 0 bridgehead atoms. The van der Waals surface area contributed by atoms with Crippen LogP contribution in [0, 0.1) is 0 Å². The summed E-state index contributed by atoms with van der Waals surface area (Å²) < 4.78 is 95.9. The van der Waals surface area contributed by atoms with Crippen LogP contribution in [0.3, 0.4) is 0 Å². The maximum atomic E-state index is 12.7. The van der Waals surface area contributed by atoms with E-state index in [1.165, 1.54) is 12.3 Å². The molecule has 0 saturated carbocycles. The average Bonchev–Trinajstić information content (AvgIpc) is 3.74. The summed E-state index contributed by atoms with van der Waals surface area (Å²) in [6.45, 7) is -2.13. The minimum atomic E-state index is -6.21. The molecule has 0 aliphatic carbocycles. The van der Waals surface area contributed by atoms with E-state index in [1.807, 2.05) is 0 Å². The second-order valence-electron chi connectivity index (χ2n) is 11.9. The molecule has 2 aromatic heterocycles. The number of hydrogen-bond donors (Lipinski definition) is 8. The van der Waals surface area contributed by atoms with Gasteiger partial charge in [0.25, 0.3) is 0 Å². The second kappa shape index (κ2) is 16.3. The van der Waals surface area contributed by atoms with Gasteiger partial charge in [0, 0.05) is 18.0 Å². The second-order valence-corrected chi connectivity index (χ2v) is 18.1. The summed E-state index contributed by atoms with van der Waals surface area (Å²) in [6, 6.07) is 10.9. The Morgan fingerprint density at radius 3 is 1.62 bits per heavy atom. The fourth-order valence-electron chi connectivity index (χ4n) is 5.60. The highest BCUT2D eigenvalue weighted by molar-refractivity contribution is 7.69. The number of anilines is 2. The molecule has 13 atom stereocenters. The number of benzene rings is 1. The van der Waals surface area contributed by atoms with Crippen LogP contribution < -0.4 is 22.8 Å². The van der Waals surface area contributed by atoms with Gasteiger partial charge in [0.05, 0.1) is 13.2 Å². The molecule has 31 heteroatoms. The van der Waals surface area contributed by atoms with E-state index in [0.717, 1.165) is 21.4 Å². The van der Waals surface area contributed by atoms with E-state index >= 15 is 0 Å². The van der Waals surface area contributed by atoms with Crippen molar-refractivity contribution in [3.05, 3.63) is 81.4 Å². The van der Waals surface area contributed by atoms with Gasteiger partial charge in [-0.05, 0) is 12.1 Å². The summed E-state index contributed by atoms with van der Waals surface area (Å²) in [6.07, 6.45) is -10.5. The fraction of sp³-hybridized carbons (Fsp3) is 0.440. The molecule has 5 unspecified atom stereocenters. The summed E-state index contributed by atoms with van der Waals surface area (Å²) in [7, 11) is -24.0. The average molecular weight is 876 g/mol. The molecule has 27 nitrogen and oxygen atoms in total. The third-order valence-corrected chi connectivity index (χ3v) is 13.8. The zero-order valence-corrected chi connectivity index (χ0v) is 31.4. The first-order valence-corrected chi connectivity index (χ1v) is 21.6. The summed E-state index contributed by atoms with van der Waals surface area (Å²) in [5, 5.41) is 20.6. The lowest BCUT2D eigenvalue weighted by atomic mass is 10.1. The Kier molecular flexibility index (Phi) is 12.4. The van der Waals surface area contributed by atoms with Crippen LogP contribution in [0.2, 0.25) is 0 Å². The molecule has 0 radical (unpaired) electrons. The van der Waals surface area contributed by atoms with E-state index < -0.39 is 111 Å². The third kappa shape index (κ3) is 9.94. The number of phosphoric ester groups is 2. The van der Waals surface area contributed by atoms with Crippen LogP contribution in [0.25, 0.3) is 0 Å². The van der Waals surface area contributed by atoms with Crippen molar-refractivity contribution in [2.24, 2.45) is 0 Å². The van der Waals surface area contributed by atoms with Crippen molar-refractivity contribution in [3.63, 3.8) is 0 Å². The zero-order valence-electron chi connectivity index (χ0n) is 27.8. The highest BCUT2D eigenvalue weighted by atomic mass is 31.3. The normalized spacial score (nSPS) is 31.9. The molecule has 3 saturated heterocycles. The molecule has 56 heavy (non-hydrogen) atoms. The van der Waals surface area contributed by atoms with Gasteiger partial charge in [-0.2, -0.15) is 22.9 Å². The highest BCUT2D eigenvalue weighted by Crippen LogP contribution is 2.71. The summed E-state index contributed by atoms with van der Waals surface area (Å²) in [4.78, 5) is 71.9. The molecule has 10 N–H and O–H groups in total. The van der Waals surface area contributed by atoms with Crippen molar-refractivity contribution in [2.45, 2.75) is 55.4 Å². The van der Waals surface area contributed by atoms with Gasteiger partial charge in [0.2, 0.25) is 0 Å². The Morgan fingerprint density at radius 2 is 1.09 bits per heavy atom. The molecular weight excluding hydrogens is 844 g/mol. The van der Waals surface area contributed by atoms with Gasteiger partial charge >= 0.3 is 42.7 Å². The molecule has 3 fully saturated rings. The number of phosphoric acid groups is 4. The maximum Gasteiger partial charge on any atom is 0.490 e. The fourth-order valence-corrected chi connectivity index (χ4v) is 10.6. The van der Waals surface area contributed by atoms with E-state index in [1.54, 1.807) is 30.3 Å². The van der Waals surface area contributed by atoms with E-state index in [-0.39, 0.29) is 11.6 Å². The number of nitrogen functional groups attached to an aromatic ring is 2. The number of rotatable bonds is 15. The van der Waals surface area contributed by atoms with Gasteiger partial charge in [-0.3, -0.25) is 18.2 Å². The van der Waals surface area contributed by atoms with Gasteiger partial charge in [0.1, 0.15) is 48.3 Å². The van der Waals surface area contributed by atoms with Crippen LogP contribution in [0.1, 0.15) is 24.3 Å². The monoisotopic (exact) mass is 876 g/mol. The minimum Gasteiger partial charge on any atom is -0.387 e. The smallest absolute Gasteiger partial charge is 0.387 e. The molecule has 3 aromatic rings. The zero-order chi connectivity index (χ0) is 40.8. The molecule has 5 heterocycles. The summed E-state index contributed by atoms with van der Waals surface area (Å²) in [5.74, 6) is -0.278.